The molecule has 7 heteroatoms. The van der Waals surface area contributed by atoms with Crippen molar-refractivity contribution in [2.45, 2.75) is 37.4 Å². The number of hydrogen-bond acceptors (Lipinski definition) is 6. The summed E-state index contributed by atoms with van der Waals surface area (Å²) in [5.74, 6) is 0.714. The molecule has 0 bridgehead atoms. The first-order valence-corrected chi connectivity index (χ1v) is 7.77. The molecule has 2 fully saturated rings. The van der Waals surface area contributed by atoms with Crippen molar-refractivity contribution in [3.05, 3.63) is 23.9 Å². The number of rotatable bonds is 3. The number of likely N-dealkylation sites (tertiary alicyclic amines) is 1. The molecule has 0 spiro atoms. The molecular formula is C16H18N6O. The van der Waals surface area contributed by atoms with Crippen LogP contribution in [0.25, 0.3) is 0 Å². The van der Waals surface area contributed by atoms with Crippen molar-refractivity contribution in [3.63, 3.8) is 0 Å². The van der Waals surface area contributed by atoms with Crippen LogP contribution in [0, 0.1) is 22.7 Å². The molecule has 23 heavy (non-hydrogen) atoms. The van der Waals surface area contributed by atoms with Gasteiger partial charge < -0.3 is 15.5 Å². The molecule has 7 nitrogen and oxygen atoms in total. The second kappa shape index (κ2) is 6.64. The van der Waals surface area contributed by atoms with Crippen LogP contribution in [-0.4, -0.2) is 47.0 Å². The molecule has 0 radical (unpaired) electrons. The summed E-state index contributed by atoms with van der Waals surface area (Å²) in [5.41, 5.74) is 0.518. The lowest BCUT2D eigenvalue weighted by Gasteiger charge is -2.23. The highest BCUT2D eigenvalue weighted by atomic mass is 16.2. The molecule has 2 N–H and O–H groups in total. The molecule has 2 aliphatic heterocycles. The van der Waals surface area contributed by atoms with Crippen LogP contribution in [0.3, 0.4) is 0 Å². The smallest absolute Gasteiger partial charge is 0.240 e. The van der Waals surface area contributed by atoms with Crippen molar-refractivity contribution in [3.8, 4) is 12.1 Å². The number of nitrogens with zero attached hydrogens (tertiary/aromatic N) is 4. The van der Waals surface area contributed by atoms with Crippen molar-refractivity contribution in [1.29, 1.82) is 10.5 Å². The van der Waals surface area contributed by atoms with Gasteiger partial charge in [0.25, 0.3) is 0 Å². The van der Waals surface area contributed by atoms with Crippen molar-refractivity contribution in [2.24, 2.45) is 0 Å². The number of carbonyl (C=O) groups is 1. The standard InChI is InChI=1S/C16H18N6O/c17-7-11-3-4-15(20-9-11)21-12-6-14(19-10-12)16(23)22-5-1-2-13(22)8-18/h3-4,9,12-14,19H,1-2,5-6,10H2,(H,20,21)/t12-,13?,14-/m0/s1. The van der Waals surface area contributed by atoms with Gasteiger partial charge in [-0.15, -0.1) is 0 Å². The van der Waals surface area contributed by atoms with E-state index in [0.29, 0.717) is 30.9 Å². The first kappa shape index (κ1) is 15.3. The lowest BCUT2D eigenvalue weighted by atomic mass is 10.1. The summed E-state index contributed by atoms with van der Waals surface area (Å²) >= 11 is 0. The second-order valence-corrected chi connectivity index (χ2v) is 5.90. The molecule has 3 heterocycles. The Morgan fingerprint density at radius 1 is 1.43 bits per heavy atom. The lowest BCUT2D eigenvalue weighted by molar-refractivity contribution is -0.133. The van der Waals surface area contributed by atoms with Gasteiger partial charge in [-0.3, -0.25) is 4.79 Å². The number of anilines is 1. The first-order valence-electron chi connectivity index (χ1n) is 7.77. The van der Waals surface area contributed by atoms with Gasteiger partial charge in [0.15, 0.2) is 0 Å². The van der Waals surface area contributed by atoms with E-state index in [1.54, 1.807) is 17.0 Å². The Bertz CT molecular complexity index is 659. The minimum absolute atomic E-state index is 0.0196. The maximum Gasteiger partial charge on any atom is 0.240 e. The van der Waals surface area contributed by atoms with Crippen LogP contribution >= 0.6 is 0 Å². The third-order valence-corrected chi connectivity index (χ3v) is 4.36. The van der Waals surface area contributed by atoms with Crippen LogP contribution in [-0.2, 0) is 4.79 Å². The lowest BCUT2D eigenvalue weighted by Crippen LogP contribution is -2.45. The fourth-order valence-corrected chi connectivity index (χ4v) is 3.15. The van der Waals surface area contributed by atoms with Crippen LogP contribution in [0.15, 0.2) is 18.3 Å². The van der Waals surface area contributed by atoms with Gasteiger partial charge in [0.2, 0.25) is 5.91 Å². The summed E-state index contributed by atoms with van der Waals surface area (Å²) in [6, 6.07) is 7.28. The van der Waals surface area contributed by atoms with E-state index >= 15 is 0 Å². The zero-order valence-corrected chi connectivity index (χ0v) is 12.7. The SMILES string of the molecule is N#Cc1ccc(N[C@@H]2CN[C@H](C(=O)N3CCCC3C#N)C2)nc1. The van der Waals surface area contributed by atoms with E-state index in [1.165, 1.54) is 6.20 Å². The average Bonchev–Trinajstić information content (AvgIpc) is 3.24. The van der Waals surface area contributed by atoms with E-state index in [0.717, 1.165) is 12.8 Å². The Labute approximate surface area is 134 Å². The van der Waals surface area contributed by atoms with Crippen molar-refractivity contribution >= 4 is 11.7 Å². The highest BCUT2D eigenvalue weighted by Crippen LogP contribution is 2.21. The van der Waals surface area contributed by atoms with Crippen LogP contribution in [0.1, 0.15) is 24.8 Å². The summed E-state index contributed by atoms with van der Waals surface area (Å²) in [5, 5.41) is 24.4. The molecular weight excluding hydrogens is 292 g/mol. The number of hydrogen-bond donors (Lipinski definition) is 2. The first-order chi connectivity index (χ1) is 11.2. The summed E-state index contributed by atoms with van der Waals surface area (Å²) in [6.45, 7) is 1.34. The largest absolute Gasteiger partial charge is 0.366 e. The highest BCUT2D eigenvalue weighted by Gasteiger charge is 2.37. The van der Waals surface area contributed by atoms with Gasteiger partial charge >= 0.3 is 0 Å². The predicted octanol–water partition coefficient (Wildman–Crippen LogP) is 0.610. The molecule has 1 amide bonds. The third kappa shape index (κ3) is 3.25. The normalized spacial score (nSPS) is 26.5. The van der Waals surface area contributed by atoms with Crippen LogP contribution in [0.4, 0.5) is 5.82 Å². The number of aromatic nitrogens is 1. The van der Waals surface area contributed by atoms with E-state index in [-0.39, 0.29) is 24.0 Å². The molecule has 118 valence electrons. The van der Waals surface area contributed by atoms with E-state index in [9.17, 15) is 4.79 Å². The van der Waals surface area contributed by atoms with E-state index in [2.05, 4.69) is 21.7 Å². The van der Waals surface area contributed by atoms with Crippen molar-refractivity contribution in [2.75, 3.05) is 18.4 Å². The van der Waals surface area contributed by atoms with Gasteiger partial charge in [-0.25, -0.2) is 4.98 Å². The van der Waals surface area contributed by atoms with Crippen molar-refractivity contribution in [1.82, 2.24) is 15.2 Å². The second-order valence-electron chi connectivity index (χ2n) is 5.90. The van der Waals surface area contributed by atoms with Crippen molar-refractivity contribution < 1.29 is 4.79 Å². The molecule has 1 unspecified atom stereocenters. The van der Waals surface area contributed by atoms with E-state index in [1.807, 2.05) is 6.07 Å². The van der Waals surface area contributed by atoms with Gasteiger partial charge in [-0.05, 0) is 31.4 Å². The van der Waals surface area contributed by atoms with Gasteiger partial charge in [0.1, 0.15) is 17.9 Å². The number of carbonyl (C=O) groups excluding carboxylic acids is 1. The summed E-state index contributed by atoms with van der Waals surface area (Å²) < 4.78 is 0. The van der Waals surface area contributed by atoms with E-state index in [4.69, 9.17) is 10.5 Å². The number of nitrogens with one attached hydrogen (secondary N) is 2. The fourth-order valence-electron chi connectivity index (χ4n) is 3.15. The zero-order valence-electron chi connectivity index (χ0n) is 12.7. The number of amides is 1. The number of pyridine rings is 1. The monoisotopic (exact) mass is 310 g/mol. The molecule has 3 atom stereocenters. The minimum Gasteiger partial charge on any atom is -0.366 e. The summed E-state index contributed by atoms with van der Waals surface area (Å²) in [6.07, 6.45) is 3.85. The quantitative estimate of drug-likeness (QED) is 0.847. The Hall–Kier alpha value is -2.64. The molecule has 2 aliphatic rings. The molecule has 0 aromatic carbocycles. The maximum absolute atomic E-state index is 12.5. The Balaban J connectivity index is 1.57. The summed E-state index contributed by atoms with van der Waals surface area (Å²) in [4.78, 5) is 18.4. The van der Waals surface area contributed by atoms with Gasteiger partial charge in [0, 0.05) is 25.3 Å². The van der Waals surface area contributed by atoms with Crippen LogP contribution in [0.5, 0.6) is 0 Å². The Morgan fingerprint density at radius 3 is 3.00 bits per heavy atom. The van der Waals surface area contributed by atoms with Gasteiger partial charge in [0.05, 0.1) is 17.7 Å². The Morgan fingerprint density at radius 2 is 2.30 bits per heavy atom. The van der Waals surface area contributed by atoms with Gasteiger partial charge in [-0.2, -0.15) is 10.5 Å². The third-order valence-electron chi connectivity index (χ3n) is 4.36. The molecule has 2 saturated heterocycles. The van der Waals surface area contributed by atoms with Crippen LogP contribution < -0.4 is 10.6 Å². The van der Waals surface area contributed by atoms with Crippen LogP contribution in [0.2, 0.25) is 0 Å². The molecule has 0 saturated carbocycles. The summed E-state index contributed by atoms with van der Waals surface area (Å²) in [7, 11) is 0. The van der Waals surface area contributed by atoms with E-state index < -0.39 is 0 Å². The maximum atomic E-state index is 12.5. The Kier molecular flexibility index (Phi) is 4.40. The predicted molar refractivity (Wildman–Crippen MR) is 83.1 cm³/mol. The minimum atomic E-state index is -0.281. The average molecular weight is 310 g/mol. The molecule has 3 rings (SSSR count). The molecule has 1 aromatic rings. The van der Waals surface area contributed by atoms with Gasteiger partial charge in [-0.1, -0.05) is 0 Å². The molecule has 0 aliphatic carbocycles. The highest BCUT2D eigenvalue weighted by molar-refractivity contribution is 5.83. The number of nitriles is 2. The fraction of sp³-hybridized carbons (Fsp3) is 0.500. The molecule has 1 aromatic heterocycles. The topological polar surface area (TPSA) is 105 Å². The zero-order chi connectivity index (χ0) is 16.2.